The molecule has 1 heteroatoms. The summed E-state index contributed by atoms with van der Waals surface area (Å²) < 4.78 is 5.18. The summed E-state index contributed by atoms with van der Waals surface area (Å²) in [5, 5.41) is 0. The zero-order valence-corrected chi connectivity index (χ0v) is 16.6. The Labute approximate surface area is 164 Å². The van der Waals surface area contributed by atoms with E-state index in [1.54, 1.807) is 7.11 Å². The summed E-state index contributed by atoms with van der Waals surface area (Å²) in [6, 6.07) is 16.6. The highest BCUT2D eigenvalue weighted by atomic mass is 16.5. The molecule has 0 saturated carbocycles. The van der Waals surface area contributed by atoms with Crippen molar-refractivity contribution in [3.05, 3.63) is 71.3 Å². The number of hydrogen-bond donors (Lipinski definition) is 0. The lowest BCUT2D eigenvalue weighted by atomic mass is 9.84. The van der Waals surface area contributed by atoms with Gasteiger partial charge in [-0.25, -0.2) is 0 Å². The van der Waals surface area contributed by atoms with E-state index >= 15 is 0 Å². The van der Waals surface area contributed by atoms with Gasteiger partial charge in [-0.3, -0.25) is 0 Å². The zero-order valence-electron chi connectivity index (χ0n) is 16.6. The van der Waals surface area contributed by atoms with E-state index in [2.05, 4.69) is 49.1 Å². The first-order chi connectivity index (χ1) is 13.3. The van der Waals surface area contributed by atoms with Gasteiger partial charge in [0.2, 0.25) is 0 Å². The quantitative estimate of drug-likeness (QED) is 0.405. The fourth-order valence-electron chi connectivity index (χ4n) is 3.68. The second-order valence-corrected chi connectivity index (χ2v) is 7.42. The van der Waals surface area contributed by atoms with Crippen LogP contribution in [-0.2, 0) is 0 Å². The molecule has 1 unspecified atom stereocenters. The van der Waals surface area contributed by atoms with Crippen molar-refractivity contribution in [1.82, 2.24) is 0 Å². The summed E-state index contributed by atoms with van der Waals surface area (Å²) >= 11 is 0. The first-order valence-electron chi connectivity index (χ1n) is 10.2. The van der Waals surface area contributed by atoms with Gasteiger partial charge in [-0.15, -0.1) is 0 Å². The van der Waals surface area contributed by atoms with Crippen molar-refractivity contribution in [2.45, 2.75) is 51.9 Å². The van der Waals surface area contributed by atoms with E-state index in [4.69, 9.17) is 4.74 Å². The Balaban J connectivity index is 1.58. The van der Waals surface area contributed by atoms with Gasteiger partial charge in [-0.2, -0.15) is 0 Å². The molecule has 0 bridgehead atoms. The first-order valence-corrected chi connectivity index (χ1v) is 10.2. The number of methoxy groups -OCH3 is 1. The van der Waals surface area contributed by atoms with Gasteiger partial charge in [0.15, 0.2) is 0 Å². The van der Waals surface area contributed by atoms with Crippen molar-refractivity contribution in [3.8, 4) is 17.6 Å². The lowest BCUT2D eigenvalue weighted by Gasteiger charge is -2.22. The number of ether oxygens (including phenoxy) is 1. The minimum Gasteiger partial charge on any atom is -0.497 e. The molecular formula is C26H30O. The van der Waals surface area contributed by atoms with Gasteiger partial charge < -0.3 is 4.74 Å². The molecule has 0 radical (unpaired) electrons. The summed E-state index contributed by atoms with van der Waals surface area (Å²) in [5.74, 6) is 8.23. The summed E-state index contributed by atoms with van der Waals surface area (Å²) in [6.45, 7) is 2.28. The minimum atomic E-state index is 0.860. The van der Waals surface area contributed by atoms with Crippen LogP contribution in [0.2, 0.25) is 0 Å². The smallest absolute Gasteiger partial charge is 0.118 e. The highest BCUT2D eigenvalue weighted by molar-refractivity contribution is 5.67. The van der Waals surface area contributed by atoms with Gasteiger partial charge in [0, 0.05) is 11.1 Å². The lowest BCUT2D eigenvalue weighted by Crippen LogP contribution is -2.05. The molecule has 27 heavy (non-hydrogen) atoms. The Bertz CT molecular complexity index is 800. The van der Waals surface area contributed by atoms with E-state index in [-0.39, 0.29) is 0 Å². The molecule has 1 aliphatic carbocycles. The molecule has 0 N–H and O–H groups in total. The Morgan fingerprint density at radius 2 is 1.59 bits per heavy atom. The normalized spacial score (nSPS) is 16.2. The average Bonchev–Trinajstić information content (AvgIpc) is 2.74. The third-order valence-corrected chi connectivity index (χ3v) is 5.43. The van der Waals surface area contributed by atoms with Gasteiger partial charge >= 0.3 is 0 Å². The summed E-state index contributed by atoms with van der Waals surface area (Å²) in [4.78, 5) is 0. The Hall–Kier alpha value is -2.46. The molecule has 0 aromatic heterocycles. The molecule has 0 heterocycles. The van der Waals surface area contributed by atoms with Crippen molar-refractivity contribution in [1.29, 1.82) is 0 Å². The maximum absolute atomic E-state index is 5.18. The predicted octanol–water partition coefficient (Wildman–Crippen LogP) is 6.86. The molecule has 0 aliphatic heterocycles. The van der Waals surface area contributed by atoms with E-state index in [0.717, 1.165) is 22.8 Å². The molecule has 2 aromatic carbocycles. The van der Waals surface area contributed by atoms with E-state index < -0.39 is 0 Å². The molecule has 2 aromatic rings. The number of hydrogen-bond acceptors (Lipinski definition) is 1. The van der Waals surface area contributed by atoms with E-state index in [0.29, 0.717) is 0 Å². The van der Waals surface area contributed by atoms with Crippen LogP contribution in [0.25, 0.3) is 5.57 Å². The van der Waals surface area contributed by atoms with Crippen LogP contribution < -0.4 is 4.74 Å². The second-order valence-electron chi connectivity index (χ2n) is 7.42. The summed E-state index contributed by atoms with van der Waals surface area (Å²) in [5.41, 5.74) is 4.93. The monoisotopic (exact) mass is 358 g/mol. The average molecular weight is 359 g/mol. The number of benzene rings is 2. The molecule has 0 fully saturated rings. The van der Waals surface area contributed by atoms with E-state index in [1.165, 1.54) is 56.1 Å². The lowest BCUT2D eigenvalue weighted by molar-refractivity contribution is 0.415. The Kier molecular flexibility index (Phi) is 7.17. The van der Waals surface area contributed by atoms with E-state index in [1.807, 2.05) is 24.3 Å². The molecular weight excluding hydrogens is 328 g/mol. The molecule has 1 nitrogen and oxygen atoms in total. The largest absolute Gasteiger partial charge is 0.497 e. The van der Waals surface area contributed by atoms with Gasteiger partial charge in [-0.05, 0) is 72.7 Å². The fourth-order valence-corrected chi connectivity index (χ4v) is 3.68. The van der Waals surface area contributed by atoms with Gasteiger partial charge in [0.1, 0.15) is 5.75 Å². The van der Waals surface area contributed by atoms with Crippen LogP contribution in [0, 0.1) is 17.8 Å². The standard InChI is InChI=1S/C26H30O/c1-3-4-5-6-21-9-15-24(16-10-21)25-17-11-22(12-18-25)7-8-23-13-19-26(27-2)20-14-23/h11-15,17-21H,3-6,9-10,16H2,1-2H3. The maximum Gasteiger partial charge on any atom is 0.118 e. The van der Waals surface area contributed by atoms with Gasteiger partial charge in [0.25, 0.3) is 0 Å². The second kappa shape index (κ2) is 10.0. The van der Waals surface area contributed by atoms with Gasteiger partial charge in [-0.1, -0.05) is 62.7 Å². The van der Waals surface area contributed by atoms with Crippen LogP contribution in [0.5, 0.6) is 5.75 Å². The Morgan fingerprint density at radius 1 is 0.926 bits per heavy atom. The topological polar surface area (TPSA) is 9.23 Å². The van der Waals surface area contributed by atoms with Crippen LogP contribution in [0.1, 0.15) is 68.6 Å². The first kappa shape index (κ1) is 19.3. The molecule has 140 valence electrons. The molecule has 0 spiro atoms. The SMILES string of the molecule is CCCCCC1CC=C(c2ccc(C#Cc3ccc(OC)cc3)cc2)CC1. The molecule has 0 amide bonds. The number of unbranched alkanes of at least 4 members (excludes halogenated alkanes) is 2. The molecule has 1 atom stereocenters. The van der Waals surface area contributed by atoms with Crippen molar-refractivity contribution in [3.63, 3.8) is 0 Å². The van der Waals surface area contributed by atoms with Crippen molar-refractivity contribution < 1.29 is 4.74 Å². The Morgan fingerprint density at radius 3 is 2.15 bits per heavy atom. The third kappa shape index (κ3) is 5.76. The number of rotatable bonds is 6. The van der Waals surface area contributed by atoms with Crippen LogP contribution >= 0.6 is 0 Å². The third-order valence-electron chi connectivity index (χ3n) is 5.43. The van der Waals surface area contributed by atoms with Crippen LogP contribution in [-0.4, -0.2) is 7.11 Å². The molecule has 1 aliphatic rings. The summed E-state index contributed by atoms with van der Waals surface area (Å²) in [7, 11) is 1.68. The van der Waals surface area contributed by atoms with Gasteiger partial charge in [0.05, 0.1) is 7.11 Å². The van der Waals surface area contributed by atoms with Crippen LogP contribution in [0.4, 0.5) is 0 Å². The van der Waals surface area contributed by atoms with Crippen LogP contribution in [0.3, 0.4) is 0 Å². The fraction of sp³-hybridized carbons (Fsp3) is 0.385. The predicted molar refractivity (Wildman–Crippen MR) is 115 cm³/mol. The highest BCUT2D eigenvalue weighted by Gasteiger charge is 2.14. The van der Waals surface area contributed by atoms with E-state index in [9.17, 15) is 0 Å². The van der Waals surface area contributed by atoms with Crippen molar-refractivity contribution in [2.24, 2.45) is 5.92 Å². The number of allylic oxidation sites excluding steroid dienone is 2. The van der Waals surface area contributed by atoms with Crippen molar-refractivity contribution >= 4 is 5.57 Å². The van der Waals surface area contributed by atoms with Crippen molar-refractivity contribution in [2.75, 3.05) is 7.11 Å². The minimum absolute atomic E-state index is 0.860. The molecule has 3 rings (SSSR count). The summed E-state index contributed by atoms with van der Waals surface area (Å²) in [6.07, 6.45) is 11.8. The van der Waals surface area contributed by atoms with Crippen LogP contribution in [0.15, 0.2) is 54.6 Å². The maximum atomic E-state index is 5.18. The molecule has 0 saturated heterocycles. The zero-order chi connectivity index (χ0) is 18.9. The highest BCUT2D eigenvalue weighted by Crippen LogP contribution is 2.32.